The van der Waals surface area contributed by atoms with Gasteiger partial charge in [0.05, 0.1) is 17.7 Å². The van der Waals surface area contributed by atoms with E-state index in [-0.39, 0.29) is 28.9 Å². The van der Waals surface area contributed by atoms with E-state index in [1.807, 2.05) is 12.1 Å². The van der Waals surface area contributed by atoms with Crippen molar-refractivity contribution in [3.05, 3.63) is 89.4 Å². The second-order valence-corrected chi connectivity index (χ2v) is 8.51. The van der Waals surface area contributed by atoms with Crippen LogP contribution in [0.5, 0.6) is 0 Å². The predicted molar refractivity (Wildman–Crippen MR) is 133 cm³/mol. The Morgan fingerprint density at radius 3 is 2.29 bits per heavy atom. The molecule has 9 heteroatoms. The first-order chi connectivity index (χ1) is 14.4. The van der Waals surface area contributed by atoms with E-state index in [1.54, 1.807) is 18.4 Å². The quantitative estimate of drug-likeness (QED) is 0.225. The Bertz CT molecular complexity index is 1060. The van der Waals surface area contributed by atoms with E-state index in [2.05, 4.69) is 46.8 Å². The molecule has 0 bridgehead atoms. The van der Waals surface area contributed by atoms with Crippen molar-refractivity contribution in [2.45, 2.75) is 31.3 Å². The van der Waals surface area contributed by atoms with Gasteiger partial charge in [0.2, 0.25) is 10.0 Å². The third kappa shape index (κ3) is 8.35. The fourth-order valence-electron chi connectivity index (χ4n) is 2.78. The molecule has 4 N–H and O–H groups in total. The van der Waals surface area contributed by atoms with Gasteiger partial charge in [0.1, 0.15) is 5.76 Å². The number of hydrogen-bond donors (Lipinski definition) is 3. The van der Waals surface area contributed by atoms with Gasteiger partial charge in [0, 0.05) is 19.5 Å². The average Bonchev–Trinajstić information content (AvgIpc) is 3.24. The zero-order valence-electron chi connectivity index (χ0n) is 17.2. The Morgan fingerprint density at radius 1 is 1.00 bits per heavy atom. The number of nitrogens with two attached hydrogens (primary N) is 1. The van der Waals surface area contributed by atoms with Crippen molar-refractivity contribution >= 4 is 40.0 Å². The van der Waals surface area contributed by atoms with E-state index < -0.39 is 10.0 Å². The number of benzene rings is 2. The minimum absolute atomic E-state index is 0. The molecular formula is C22H27IN4O3S. The summed E-state index contributed by atoms with van der Waals surface area (Å²) in [6, 6.07) is 18.5. The zero-order valence-corrected chi connectivity index (χ0v) is 20.4. The van der Waals surface area contributed by atoms with Crippen LogP contribution in [-0.2, 0) is 29.5 Å². The highest BCUT2D eigenvalue weighted by atomic mass is 127. The van der Waals surface area contributed by atoms with Crippen molar-refractivity contribution in [2.75, 3.05) is 6.54 Å². The van der Waals surface area contributed by atoms with Crippen molar-refractivity contribution in [1.29, 1.82) is 0 Å². The van der Waals surface area contributed by atoms with Crippen molar-refractivity contribution in [2.24, 2.45) is 10.1 Å². The van der Waals surface area contributed by atoms with Gasteiger partial charge in [0.15, 0.2) is 5.96 Å². The SMILES string of the molecule is Cc1ccc(CNC(=NCc2ccc(S(N)(=O)=O)cc2)NCCc2ccco2)cc1.I. The van der Waals surface area contributed by atoms with Gasteiger partial charge in [-0.25, -0.2) is 18.5 Å². The van der Waals surface area contributed by atoms with Crippen LogP contribution in [0, 0.1) is 6.92 Å². The van der Waals surface area contributed by atoms with Crippen LogP contribution in [0.15, 0.2) is 81.2 Å². The molecule has 0 aliphatic heterocycles. The standard InChI is InChI=1S/C22H26N4O3S.HI/c1-17-4-6-18(7-5-17)15-25-22(24-13-12-20-3-2-14-29-20)26-16-19-8-10-21(11-9-19)30(23,27)28;/h2-11,14H,12-13,15-16H2,1H3,(H2,23,27,28)(H2,24,25,26);1H. The van der Waals surface area contributed by atoms with Crippen molar-refractivity contribution in [3.8, 4) is 0 Å². The summed E-state index contributed by atoms with van der Waals surface area (Å²) in [6.07, 6.45) is 2.40. The number of halogens is 1. The molecule has 0 atom stereocenters. The molecule has 3 rings (SSSR count). The van der Waals surface area contributed by atoms with E-state index in [0.717, 1.165) is 23.3 Å². The normalized spacial score (nSPS) is 11.6. The lowest BCUT2D eigenvalue weighted by Crippen LogP contribution is -2.38. The summed E-state index contributed by atoms with van der Waals surface area (Å²) in [6.45, 7) is 3.76. The number of aryl methyl sites for hydroxylation is 1. The van der Waals surface area contributed by atoms with Crippen LogP contribution >= 0.6 is 24.0 Å². The van der Waals surface area contributed by atoms with Gasteiger partial charge in [-0.2, -0.15) is 0 Å². The Morgan fingerprint density at radius 2 is 1.68 bits per heavy atom. The fraction of sp³-hybridized carbons (Fsp3) is 0.227. The first kappa shape index (κ1) is 24.9. The van der Waals surface area contributed by atoms with Crippen molar-refractivity contribution in [3.63, 3.8) is 0 Å². The number of sulfonamides is 1. The molecule has 0 radical (unpaired) electrons. The Kier molecular flexibility index (Phi) is 9.53. The van der Waals surface area contributed by atoms with Crippen LogP contribution in [-0.4, -0.2) is 20.9 Å². The largest absolute Gasteiger partial charge is 0.469 e. The summed E-state index contributed by atoms with van der Waals surface area (Å²) in [5.74, 6) is 1.57. The molecule has 0 aliphatic rings. The van der Waals surface area contributed by atoms with Crippen LogP contribution in [0.25, 0.3) is 0 Å². The summed E-state index contributed by atoms with van der Waals surface area (Å²) in [5, 5.41) is 11.8. The smallest absolute Gasteiger partial charge is 0.238 e. The van der Waals surface area contributed by atoms with Gasteiger partial charge in [-0.15, -0.1) is 24.0 Å². The fourth-order valence-corrected chi connectivity index (χ4v) is 3.30. The molecule has 0 saturated carbocycles. The molecule has 0 aliphatic carbocycles. The number of rotatable bonds is 8. The van der Waals surface area contributed by atoms with Gasteiger partial charge >= 0.3 is 0 Å². The molecular weight excluding hydrogens is 527 g/mol. The Labute approximate surface area is 200 Å². The lowest BCUT2D eigenvalue weighted by Gasteiger charge is -2.13. The summed E-state index contributed by atoms with van der Waals surface area (Å²) >= 11 is 0. The van der Waals surface area contributed by atoms with E-state index in [4.69, 9.17) is 9.56 Å². The van der Waals surface area contributed by atoms with Crippen LogP contribution < -0.4 is 15.8 Å². The highest BCUT2D eigenvalue weighted by Crippen LogP contribution is 2.10. The second kappa shape index (κ2) is 11.9. The number of aliphatic imine (C=N–C) groups is 1. The molecule has 1 aromatic heterocycles. The maximum absolute atomic E-state index is 11.4. The Balaban J connectivity index is 0.00000341. The predicted octanol–water partition coefficient (Wildman–Crippen LogP) is 3.33. The first-order valence-corrected chi connectivity index (χ1v) is 11.2. The first-order valence-electron chi connectivity index (χ1n) is 9.62. The molecule has 31 heavy (non-hydrogen) atoms. The van der Waals surface area contributed by atoms with Gasteiger partial charge in [-0.3, -0.25) is 0 Å². The summed E-state index contributed by atoms with van der Waals surface area (Å²) in [7, 11) is -3.70. The highest BCUT2D eigenvalue weighted by molar-refractivity contribution is 14.0. The van der Waals surface area contributed by atoms with Crippen LogP contribution in [0.3, 0.4) is 0 Å². The van der Waals surface area contributed by atoms with Gasteiger partial charge in [-0.1, -0.05) is 42.0 Å². The number of hydrogen-bond acceptors (Lipinski definition) is 4. The summed E-state index contributed by atoms with van der Waals surface area (Å²) < 4.78 is 28.1. The third-order valence-electron chi connectivity index (χ3n) is 4.50. The molecule has 0 spiro atoms. The summed E-state index contributed by atoms with van der Waals surface area (Å²) in [4.78, 5) is 4.71. The van der Waals surface area contributed by atoms with E-state index >= 15 is 0 Å². The van der Waals surface area contributed by atoms with E-state index in [1.165, 1.54) is 17.7 Å². The molecule has 1 heterocycles. The number of nitrogens with one attached hydrogen (secondary N) is 2. The second-order valence-electron chi connectivity index (χ2n) is 6.95. The van der Waals surface area contributed by atoms with E-state index in [0.29, 0.717) is 25.6 Å². The van der Waals surface area contributed by atoms with Gasteiger partial charge < -0.3 is 15.1 Å². The Hall–Kier alpha value is -2.37. The number of guanidine groups is 1. The van der Waals surface area contributed by atoms with Crippen molar-refractivity contribution in [1.82, 2.24) is 10.6 Å². The number of primary sulfonamides is 1. The maximum atomic E-state index is 11.4. The van der Waals surface area contributed by atoms with Gasteiger partial charge in [-0.05, 0) is 42.3 Å². The molecule has 2 aromatic carbocycles. The lowest BCUT2D eigenvalue weighted by molar-refractivity contribution is 0.506. The van der Waals surface area contributed by atoms with Crippen LogP contribution in [0.4, 0.5) is 0 Å². The van der Waals surface area contributed by atoms with Gasteiger partial charge in [0.25, 0.3) is 0 Å². The molecule has 166 valence electrons. The molecule has 0 fully saturated rings. The van der Waals surface area contributed by atoms with Crippen LogP contribution in [0.1, 0.15) is 22.5 Å². The van der Waals surface area contributed by atoms with Crippen LogP contribution in [0.2, 0.25) is 0 Å². The molecule has 0 unspecified atom stereocenters. The minimum Gasteiger partial charge on any atom is -0.469 e. The van der Waals surface area contributed by atoms with Crippen molar-refractivity contribution < 1.29 is 12.8 Å². The third-order valence-corrected chi connectivity index (χ3v) is 5.43. The number of nitrogens with zero attached hydrogens (tertiary/aromatic N) is 1. The number of furan rings is 1. The lowest BCUT2D eigenvalue weighted by atomic mass is 10.1. The maximum Gasteiger partial charge on any atom is 0.238 e. The topological polar surface area (TPSA) is 110 Å². The monoisotopic (exact) mass is 554 g/mol. The molecule has 0 amide bonds. The molecule has 0 saturated heterocycles. The minimum atomic E-state index is -3.70. The zero-order chi connectivity index (χ0) is 21.4. The molecule has 7 nitrogen and oxygen atoms in total. The summed E-state index contributed by atoms with van der Waals surface area (Å²) in [5.41, 5.74) is 3.25. The van der Waals surface area contributed by atoms with E-state index in [9.17, 15) is 8.42 Å². The molecule has 3 aromatic rings. The average molecular weight is 554 g/mol. The highest BCUT2D eigenvalue weighted by Gasteiger charge is 2.07.